The van der Waals surface area contributed by atoms with E-state index in [1.807, 2.05) is 0 Å². The van der Waals surface area contributed by atoms with E-state index in [4.69, 9.17) is 0 Å². The molecule has 0 bridgehead atoms. The fraction of sp³-hybridized carbons (Fsp3) is 1.00. The first-order valence-electron chi connectivity index (χ1n) is 6.52. The van der Waals surface area contributed by atoms with E-state index in [1.165, 1.54) is 0 Å². The second kappa shape index (κ2) is 4.41. The van der Waals surface area contributed by atoms with Crippen LogP contribution in [-0.2, 0) is 0 Å². The quantitative estimate of drug-likeness (QED) is 0.706. The first-order chi connectivity index (χ1) is 6.69. The van der Waals surface area contributed by atoms with Gasteiger partial charge in [-0.1, -0.05) is 96.9 Å². The maximum Gasteiger partial charge on any atom is 0.0646 e. The highest BCUT2D eigenvalue weighted by atomic mass is 28.4. The van der Waals surface area contributed by atoms with E-state index < -0.39 is 23.8 Å². The van der Waals surface area contributed by atoms with Gasteiger partial charge in [-0.05, 0) is 0 Å². The Morgan fingerprint density at radius 2 is 0.750 bits per heavy atom. The molecule has 98 valence electrons. The van der Waals surface area contributed by atoms with Crippen LogP contribution in [0, 0.1) is 0 Å². The molecule has 0 aromatic carbocycles. The van der Waals surface area contributed by atoms with E-state index in [2.05, 4.69) is 77.8 Å². The SMILES string of the molecule is CN(C)[B-]([Si](C)(C)C)([Si](C)(C)C)[Si](C)(C)C. The first-order valence-corrected chi connectivity index (χ1v) is 17.3. The number of rotatable bonds is 4. The van der Waals surface area contributed by atoms with Gasteiger partial charge in [0.1, 0.15) is 0 Å². The highest BCUT2D eigenvalue weighted by molar-refractivity contribution is 7.88. The van der Waals surface area contributed by atoms with Gasteiger partial charge in [-0.15, -0.1) is 0 Å². The average Bonchev–Trinajstić information content (AvgIpc) is 1.71. The van der Waals surface area contributed by atoms with E-state index in [1.54, 1.807) is 0 Å². The van der Waals surface area contributed by atoms with E-state index in [9.17, 15) is 0 Å². The molecule has 0 saturated carbocycles. The monoisotopic (exact) mass is 274 g/mol. The van der Waals surface area contributed by atoms with E-state index in [0.717, 1.165) is 0 Å². The third-order valence-corrected chi connectivity index (χ3v) is 29.2. The van der Waals surface area contributed by atoms with Gasteiger partial charge in [-0.2, -0.15) is 0 Å². The van der Waals surface area contributed by atoms with Crippen molar-refractivity contribution in [1.82, 2.24) is 4.81 Å². The summed E-state index contributed by atoms with van der Waals surface area (Å²) in [6.45, 7) is 23.4. The Balaban J connectivity index is 6.05. The fourth-order valence-corrected chi connectivity index (χ4v) is 42.0. The standard InChI is InChI=1S/C11H33BNSi3/c1-13(2)12(14(3,4)5,15(6,7)8)16(9,10)11/h1-11H3/q-1. The summed E-state index contributed by atoms with van der Waals surface area (Å²) in [5.74, 6) is 0. The Kier molecular flexibility index (Phi) is 4.59. The summed E-state index contributed by atoms with van der Waals surface area (Å²) in [7, 11) is 1.23. The van der Waals surface area contributed by atoms with Crippen molar-refractivity contribution < 1.29 is 0 Å². The van der Waals surface area contributed by atoms with Gasteiger partial charge in [0.15, 0.2) is 0 Å². The number of nitrogens with zero attached hydrogens (tertiary/aromatic N) is 1. The van der Waals surface area contributed by atoms with Crippen LogP contribution < -0.4 is 0 Å². The molecule has 0 N–H and O–H groups in total. The van der Waals surface area contributed by atoms with Crippen molar-refractivity contribution >= 4 is 28.9 Å². The van der Waals surface area contributed by atoms with Gasteiger partial charge >= 0.3 is 0 Å². The summed E-state index contributed by atoms with van der Waals surface area (Å²) < 4.78 is 0. The Labute approximate surface area is 107 Å². The second-order valence-electron chi connectivity index (χ2n) is 8.88. The topological polar surface area (TPSA) is 3.24 Å². The Bertz CT molecular complexity index is 209. The summed E-state index contributed by atoms with van der Waals surface area (Å²) >= 11 is 0. The lowest BCUT2D eigenvalue weighted by Crippen LogP contribution is -2.88. The highest BCUT2D eigenvalue weighted by Gasteiger charge is 2.54. The molecule has 0 aliphatic heterocycles. The van der Waals surface area contributed by atoms with Crippen molar-refractivity contribution in [3.8, 4) is 0 Å². The third kappa shape index (κ3) is 2.42. The molecular formula is C11H33BNSi3-. The zero-order chi connectivity index (χ0) is 13.6. The predicted molar refractivity (Wildman–Crippen MR) is 89.5 cm³/mol. The summed E-state index contributed by atoms with van der Waals surface area (Å²) in [4.78, 5) is 2.69. The molecule has 0 saturated heterocycles. The Hall–Kier alpha value is 0.676. The molecular weight excluding hydrogens is 241 g/mol. The summed E-state index contributed by atoms with van der Waals surface area (Å²) in [5, 5.41) is -0.243. The lowest BCUT2D eigenvalue weighted by molar-refractivity contribution is 0.653. The maximum absolute atomic E-state index is 2.69. The van der Waals surface area contributed by atoms with Crippen LogP contribution >= 0.6 is 0 Å². The molecule has 1 nitrogen and oxygen atoms in total. The van der Waals surface area contributed by atoms with Crippen molar-refractivity contribution in [2.75, 3.05) is 14.1 Å². The van der Waals surface area contributed by atoms with Gasteiger partial charge in [0.05, 0.1) is 5.06 Å². The number of hydrogen-bond donors (Lipinski definition) is 0. The highest BCUT2D eigenvalue weighted by Crippen LogP contribution is 2.37. The van der Waals surface area contributed by atoms with Gasteiger partial charge in [-0.25, -0.2) is 0 Å². The lowest BCUT2D eigenvalue weighted by Gasteiger charge is -2.69. The molecule has 16 heavy (non-hydrogen) atoms. The molecule has 0 rings (SSSR count). The minimum atomic E-state index is -1.16. The van der Waals surface area contributed by atoms with E-state index in [-0.39, 0.29) is 5.06 Å². The van der Waals surface area contributed by atoms with Gasteiger partial charge in [-0.3, -0.25) is 0 Å². The minimum absolute atomic E-state index is 0.243. The molecule has 0 unspecified atom stereocenters. The minimum Gasteiger partial charge on any atom is -0.484 e. The maximum atomic E-state index is 2.69. The van der Waals surface area contributed by atoms with Crippen LogP contribution in [0.25, 0.3) is 0 Å². The van der Waals surface area contributed by atoms with Crippen LogP contribution in [0.15, 0.2) is 0 Å². The molecule has 5 heteroatoms. The van der Waals surface area contributed by atoms with Crippen LogP contribution in [0.3, 0.4) is 0 Å². The van der Waals surface area contributed by atoms with Gasteiger partial charge in [0.2, 0.25) is 0 Å². The van der Waals surface area contributed by atoms with Crippen molar-refractivity contribution in [2.24, 2.45) is 0 Å². The summed E-state index contributed by atoms with van der Waals surface area (Å²) in [6, 6.07) is 0. The van der Waals surface area contributed by atoms with Gasteiger partial charge in [0.25, 0.3) is 0 Å². The lowest BCUT2D eigenvalue weighted by atomic mass is 10.2. The van der Waals surface area contributed by atoms with Crippen molar-refractivity contribution in [1.29, 1.82) is 0 Å². The zero-order valence-corrected chi connectivity index (χ0v) is 16.5. The van der Waals surface area contributed by atoms with Crippen molar-refractivity contribution in [3.05, 3.63) is 0 Å². The van der Waals surface area contributed by atoms with Crippen molar-refractivity contribution in [3.63, 3.8) is 0 Å². The molecule has 0 radical (unpaired) electrons. The van der Waals surface area contributed by atoms with Crippen LogP contribution in [0.2, 0.25) is 58.9 Å². The molecule has 0 aromatic rings. The van der Waals surface area contributed by atoms with Crippen molar-refractivity contribution in [2.45, 2.75) is 58.9 Å². The Morgan fingerprint density at radius 1 is 0.562 bits per heavy atom. The smallest absolute Gasteiger partial charge is 0.0646 e. The third-order valence-electron chi connectivity index (χ3n) is 4.53. The van der Waals surface area contributed by atoms with Crippen LogP contribution in [0.5, 0.6) is 0 Å². The largest absolute Gasteiger partial charge is 0.484 e. The summed E-state index contributed by atoms with van der Waals surface area (Å²) in [5.41, 5.74) is 0. The summed E-state index contributed by atoms with van der Waals surface area (Å²) in [6.07, 6.45) is 0. The molecule has 0 heterocycles. The van der Waals surface area contributed by atoms with Gasteiger partial charge in [0, 0.05) is 0 Å². The number of hydrogen-bond acceptors (Lipinski definition) is 1. The van der Waals surface area contributed by atoms with Crippen LogP contribution in [-0.4, -0.2) is 47.8 Å². The molecule has 0 atom stereocenters. The Morgan fingerprint density at radius 3 is 0.750 bits per heavy atom. The van der Waals surface area contributed by atoms with Crippen LogP contribution in [0.1, 0.15) is 0 Å². The van der Waals surface area contributed by atoms with E-state index >= 15 is 0 Å². The molecule has 0 amide bonds. The fourth-order valence-electron chi connectivity index (χ4n) is 6.22. The molecule has 0 spiro atoms. The molecule has 0 aliphatic carbocycles. The van der Waals surface area contributed by atoms with Crippen LogP contribution in [0.4, 0.5) is 0 Å². The van der Waals surface area contributed by atoms with Gasteiger partial charge < -0.3 is 4.81 Å². The van der Waals surface area contributed by atoms with E-state index in [0.29, 0.717) is 0 Å². The molecule has 0 aliphatic rings. The zero-order valence-electron chi connectivity index (χ0n) is 13.5. The average molecular weight is 274 g/mol. The second-order valence-corrected chi connectivity index (χ2v) is 27.3. The first kappa shape index (κ1) is 16.7. The molecule has 0 fully saturated rings. The normalized spacial score (nSPS) is 15.8. The molecule has 0 aromatic heterocycles. The predicted octanol–water partition coefficient (Wildman–Crippen LogP) is 3.74.